The molecule has 3 rings (SSSR count). The zero-order valence-electron chi connectivity index (χ0n) is 11.2. The van der Waals surface area contributed by atoms with Gasteiger partial charge in [-0.2, -0.15) is 13.2 Å². The highest BCUT2D eigenvalue weighted by molar-refractivity contribution is 6.06. The first kappa shape index (κ1) is 14.3. The second-order valence-electron chi connectivity index (χ2n) is 4.90. The summed E-state index contributed by atoms with van der Waals surface area (Å²) in [5.74, 6) is -0.994. The molecular formula is C16H11F3NO2+. The molecule has 0 aromatic heterocycles. The quantitative estimate of drug-likeness (QED) is 0.821. The van der Waals surface area contributed by atoms with E-state index < -0.39 is 23.4 Å². The monoisotopic (exact) mass is 306 g/mol. The van der Waals surface area contributed by atoms with Gasteiger partial charge < -0.3 is 5.11 Å². The van der Waals surface area contributed by atoms with Gasteiger partial charge >= 0.3 is 12.1 Å². The van der Waals surface area contributed by atoms with Crippen LogP contribution in [-0.4, -0.2) is 11.0 Å². The number of benzene rings is 2. The van der Waals surface area contributed by atoms with Gasteiger partial charge in [0.2, 0.25) is 5.76 Å². The summed E-state index contributed by atoms with van der Waals surface area (Å²) in [5, 5.41) is 11.1. The van der Waals surface area contributed by atoms with Crippen molar-refractivity contribution >= 4 is 23.6 Å². The Labute approximate surface area is 123 Å². The van der Waals surface area contributed by atoms with Crippen molar-refractivity contribution in [3.63, 3.8) is 0 Å². The predicted molar refractivity (Wildman–Crippen MR) is 73.3 cm³/mol. The van der Waals surface area contributed by atoms with Crippen molar-refractivity contribution in [2.75, 3.05) is 0 Å². The van der Waals surface area contributed by atoms with Gasteiger partial charge in [0.25, 0.3) is 0 Å². The van der Waals surface area contributed by atoms with Crippen LogP contribution in [0.1, 0.15) is 5.56 Å². The van der Waals surface area contributed by atoms with Crippen molar-refractivity contribution in [1.29, 1.82) is 0 Å². The normalized spacial score (nSPS) is 17.9. The van der Waals surface area contributed by atoms with Crippen LogP contribution in [0.2, 0.25) is 0 Å². The van der Waals surface area contributed by atoms with Crippen LogP contribution in [0.3, 0.4) is 0 Å². The first-order chi connectivity index (χ1) is 10.4. The summed E-state index contributed by atoms with van der Waals surface area (Å²) >= 11 is 0. The number of alkyl halides is 3. The number of halogens is 3. The molecule has 1 unspecified atom stereocenters. The Hall–Kier alpha value is -2.60. The number of fused-ring (bicyclic) bond motifs is 1. The van der Waals surface area contributed by atoms with Crippen LogP contribution in [0.4, 0.5) is 18.9 Å². The fraction of sp³-hybridized carbons (Fsp3) is 0.0625. The molecule has 2 aromatic carbocycles. The molecule has 2 N–H and O–H groups in total. The van der Waals surface area contributed by atoms with Crippen molar-refractivity contribution in [2.45, 2.75) is 6.18 Å². The number of aliphatic hydroxyl groups is 1. The van der Waals surface area contributed by atoms with Crippen molar-refractivity contribution in [1.82, 2.24) is 0 Å². The zero-order valence-corrected chi connectivity index (χ0v) is 11.2. The van der Waals surface area contributed by atoms with Crippen molar-refractivity contribution in [3.8, 4) is 0 Å². The maximum atomic E-state index is 12.6. The zero-order chi connectivity index (χ0) is 15.9. The lowest BCUT2D eigenvalue weighted by Crippen LogP contribution is -3.06. The van der Waals surface area contributed by atoms with Gasteiger partial charge in [0.05, 0.1) is 5.56 Å². The van der Waals surface area contributed by atoms with Crippen LogP contribution >= 0.6 is 0 Å². The highest BCUT2D eigenvalue weighted by atomic mass is 19.4. The summed E-state index contributed by atoms with van der Waals surface area (Å²) in [7, 11) is 0. The molecule has 0 bridgehead atoms. The van der Waals surface area contributed by atoms with Crippen molar-refractivity contribution < 1.29 is 28.0 Å². The van der Waals surface area contributed by atoms with Gasteiger partial charge in [-0.1, -0.05) is 18.2 Å². The first-order valence-corrected chi connectivity index (χ1v) is 6.47. The van der Waals surface area contributed by atoms with E-state index in [4.69, 9.17) is 0 Å². The Morgan fingerprint density at radius 2 is 1.59 bits per heavy atom. The molecule has 0 saturated heterocycles. The molecule has 0 spiro atoms. The van der Waals surface area contributed by atoms with Gasteiger partial charge in [0.1, 0.15) is 11.9 Å². The van der Waals surface area contributed by atoms with E-state index in [9.17, 15) is 23.1 Å². The van der Waals surface area contributed by atoms with Crippen LogP contribution in [-0.2, 0) is 11.0 Å². The molecule has 1 aliphatic heterocycles. The SMILES string of the molecule is O=C1C(O)=c2ccccc2=C[NH+]1c1ccc(C(F)(F)F)cc1. The van der Waals surface area contributed by atoms with Gasteiger partial charge in [-0.05, 0) is 18.2 Å². The molecule has 112 valence electrons. The lowest BCUT2D eigenvalue weighted by molar-refractivity contribution is -0.652. The number of quaternary nitrogens is 1. The number of carbonyl (C=O) groups is 1. The van der Waals surface area contributed by atoms with E-state index in [0.717, 1.165) is 12.1 Å². The van der Waals surface area contributed by atoms with Crippen LogP contribution in [0.25, 0.3) is 12.0 Å². The van der Waals surface area contributed by atoms with E-state index in [1.807, 2.05) is 0 Å². The third-order valence-electron chi connectivity index (χ3n) is 3.50. The van der Waals surface area contributed by atoms with Gasteiger partial charge in [-0.3, -0.25) is 0 Å². The van der Waals surface area contributed by atoms with E-state index in [2.05, 4.69) is 0 Å². The van der Waals surface area contributed by atoms with Gasteiger partial charge in [-0.25, -0.2) is 9.69 Å². The summed E-state index contributed by atoms with van der Waals surface area (Å²) < 4.78 is 37.7. The summed E-state index contributed by atoms with van der Waals surface area (Å²) in [5.41, 5.74) is -0.451. The molecule has 1 aliphatic rings. The van der Waals surface area contributed by atoms with Crippen molar-refractivity contribution in [2.24, 2.45) is 0 Å². The highest BCUT2D eigenvalue weighted by Crippen LogP contribution is 2.29. The Balaban J connectivity index is 2.07. The average molecular weight is 306 g/mol. The minimum Gasteiger partial charge on any atom is -0.500 e. The van der Waals surface area contributed by atoms with Crippen LogP contribution in [0.15, 0.2) is 48.5 Å². The van der Waals surface area contributed by atoms with E-state index >= 15 is 0 Å². The summed E-state index contributed by atoms with van der Waals surface area (Å²) in [4.78, 5) is 12.4. The Morgan fingerprint density at radius 1 is 0.955 bits per heavy atom. The highest BCUT2D eigenvalue weighted by Gasteiger charge is 2.32. The third-order valence-corrected chi connectivity index (χ3v) is 3.50. The smallest absolute Gasteiger partial charge is 0.416 e. The Morgan fingerprint density at radius 3 is 2.23 bits per heavy atom. The number of rotatable bonds is 1. The average Bonchev–Trinajstić information content (AvgIpc) is 2.50. The molecule has 1 heterocycles. The van der Waals surface area contributed by atoms with Crippen LogP contribution in [0.5, 0.6) is 0 Å². The Kier molecular flexibility index (Phi) is 3.26. The predicted octanol–water partition coefficient (Wildman–Crippen LogP) is 0.866. The van der Waals surface area contributed by atoms with Crippen LogP contribution < -0.4 is 15.3 Å². The third kappa shape index (κ3) is 2.37. The molecule has 22 heavy (non-hydrogen) atoms. The molecular weight excluding hydrogens is 295 g/mol. The van der Waals surface area contributed by atoms with Crippen LogP contribution in [0, 0.1) is 0 Å². The lowest BCUT2D eigenvalue weighted by Gasteiger charge is -2.15. The Bertz CT molecular complexity index is 854. The van der Waals surface area contributed by atoms with Gasteiger partial charge in [0.15, 0.2) is 0 Å². The molecule has 0 fully saturated rings. The number of amides is 1. The molecule has 0 radical (unpaired) electrons. The number of aliphatic hydroxyl groups excluding tert-OH is 1. The number of hydrogen-bond acceptors (Lipinski definition) is 2. The van der Waals surface area contributed by atoms with E-state index in [1.165, 1.54) is 12.1 Å². The van der Waals surface area contributed by atoms with Crippen molar-refractivity contribution in [3.05, 3.63) is 64.5 Å². The fourth-order valence-corrected chi connectivity index (χ4v) is 2.36. The first-order valence-electron chi connectivity index (χ1n) is 6.47. The fourth-order valence-electron chi connectivity index (χ4n) is 2.36. The molecule has 2 aromatic rings. The number of carbonyl (C=O) groups excluding carboxylic acids is 1. The van der Waals surface area contributed by atoms with E-state index in [-0.39, 0.29) is 4.90 Å². The second-order valence-corrected chi connectivity index (χ2v) is 4.90. The maximum absolute atomic E-state index is 12.6. The maximum Gasteiger partial charge on any atom is 0.416 e. The van der Waals surface area contributed by atoms with E-state index in [0.29, 0.717) is 16.1 Å². The summed E-state index contributed by atoms with van der Waals surface area (Å²) in [6.07, 6.45) is -2.86. The number of nitrogens with one attached hydrogen (secondary N) is 1. The molecule has 6 heteroatoms. The molecule has 1 amide bonds. The van der Waals surface area contributed by atoms with Gasteiger partial charge in [-0.15, -0.1) is 0 Å². The largest absolute Gasteiger partial charge is 0.500 e. The number of hydrogen-bond donors (Lipinski definition) is 2. The topological polar surface area (TPSA) is 41.7 Å². The summed E-state index contributed by atoms with van der Waals surface area (Å²) in [6, 6.07) is 11.1. The molecule has 0 aliphatic carbocycles. The van der Waals surface area contributed by atoms with E-state index in [1.54, 1.807) is 30.5 Å². The molecule has 0 saturated carbocycles. The second kappa shape index (κ2) is 4.99. The summed E-state index contributed by atoms with van der Waals surface area (Å²) in [6.45, 7) is 0. The lowest BCUT2D eigenvalue weighted by atomic mass is 10.1. The molecule has 3 nitrogen and oxygen atoms in total. The van der Waals surface area contributed by atoms with Gasteiger partial charge in [0, 0.05) is 22.6 Å². The standard InChI is InChI=1S/C16H10F3NO2/c17-16(18,19)11-5-7-12(8-6-11)20-9-10-3-1-2-4-13(10)14(21)15(20)22/h1-9,21H/p+1. The minimum absolute atomic E-state index is 0.171. The minimum atomic E-state index is -4.43. The molecule has 1 atom stereocenters.